The summed E-state index contributed by atoms with van der Waals surface area (Å²) in [5.74, 6) is 0.690. The highest BCUT2D eigenvalue weighted by atomic mass is 14.9. The third kappa shape index (κ3) is 2.47. The third-order valence-electron chi connectivity index (χ3n) is 4.25. The van der Waals surface area contributed by atoms with Crippen LogP contribution in [0.4, 0.5) is 5.69 Å². The van der Waals surface area contributed by atoms with Crippen LogP contribution >= 0.6 is 0 Å². The van der Waals surface area contributed by atoms with Gasteiger partial charge in [0, 0.05) is 31.2 Å². The molecule has 2 nitrogen and oxygen atoms in total. The van der Waals surface area contributed by atoms with Crippen LogP contribution in [-0.2, 0) is 0 Å². The predicted octanol–water partition coefficient (Wildman–Crippen LogP) is 2.98. The van der Waals surface area contributed by atoms with Gasteiger partial charge in [0.1, 0.15) is 0 Å². The van der Waals surface area contributed by atoms with Crippen molar-refractivity contribution in [1.29, 1.82) is 0 Å². The second-order valence-electron chi connectivity index (χ2n) is 5.94. The van der Waals surface area contributed by atoms with E-state index in [1.807, 2.05) is 0 Å². The average molecular weight is 230 g/mol. The smallest absolute Gasteiger partial charge is 0.0376 e. The van der Waals surface area contributed by atoms with Crippen LogP contribution in [0.15, 0.2) is 24.3 Å². The lowest BCUT2D eigenvalue weighted by atomic mass is 9.91. The first-order chi connectivity index (χ1) is 8.27. The van der Waals surface area contributed by atoms with Gasteiger partial charge in [-0.15, -0.1) is 0 Å². The van der Waals surface area contributed by atoms with Gasteiger partial charge < -0.3 is 10.6 Å². The molecule has 0 radical (unpaired) electrons. The van der Waals surface area contributed by atoms with Crippen LogP contribution in [0.2, 0.25) is 0 Å². The van der Waals surface area contributed by atoms with Crippen molar-refractivity contribution in [3.63, 3.8) is 0 Å². The second-order valence-corrected chi connectivity index (χ2v) is 5.94. The minimum Gasteiger partial charge on any atom is -0.385 e. The summed E-state index contributed by atoms with van der Waals surface area (Å²) in [6.45, 7) is 5.82. The molecule has 0 bridgehead atoms. The third-order valence-corrected chi connectivity index (χ3v) is 4.25. The highest BCUT2D eigenvalue weighted by Crippen LogP contribution is 2.44. The van der Waals surface area contributed by atoms with Crippen LogP contribution in [-0.4, -0.2) is 19.6 Å². The molecule has 2 aliphatic rings. The molecule has 1 atom stereocenters. The molecule has 0 spiro atoms. The van der Waals surface area contributed by atoms with Gasteiger partial charge >= 0.3 is 0 Å². The van der Waals surface area contributed by atoms with Crippen LogP contribution < -0.4 is 10.6 Å². The van der Waals surface area contributed by atoms with E-state index in [1.165, 1.54) is 37.1 Å². The van der Waals surface area contributed by atoms with E-state index in [2.05, 4.69) is 41.8 Å². The Morgan fingerprint density at radius 3 is 3.00 bits per heavy atom. The van der Waals surface area contributed by atoms with Gasteiger partial charge in [-0.2, -0.15) is 0 Å². The Morgan fingerprint density at radius 2 is 2.18 bits per heavy atom. The predicted molar refractivity (Wildman–Crippen MR) is 72.5 cm³/mol. The molecule has 1 unspecified atom stereocenters. The van der Waals surface area contributed by atoms with E-state index in [4.69, 9.17) is 0 Å². The van der Waals surface area contributed by atoms with Crippen LogP contribution in [0.25, 0.3) is 0 Å². The van der Waals surface area contributed by atoms with Gasteiger partial charge in [-0.1, -0.05) is 25.1 Å². The van der Waals surface area contributed by atoms with E-state index < -0.39 is 0 Å². The van der Waals surface area contributed by atoms with E-state index in [1.54, 1.807) is 0 Å². The molecule has 1 saturated carbocycles. The van der Waals surface area contributed by atoms with Crippen molar-refractivity contribution in [2.75, 3.05) is 25.0 Å². The first-order valence-electron chi connectivity index (χ1n) is 6.80. The summed E-state index contributed by atoms with van der Waals surface area (Å²) >= 11 is 0. The van der Waals surface area contributed by atoms with Crippen LogP contribution in [0.5, 0.6) is 0 Å². The normalized spacial score (nSPS) is 24.9. The molecule has 2 N–H and O–H groups in total. The van der Waals surface area contributed by atoms with Crippen molar-refractivity contribution >= 4 is 5.69 Å². The van der Waals surface area contributed by atoms with Gasteiger partial charge in [0.05, 0.1) is 0 Å². The highest BCUT2D eigenvalue weighted by molar-refractivity contribution is 5.54. The minimum absolute atomic E-state index is 0.617. The first kappa shape index (κ1) is 11.1. The summed E-state index contributed by atoms with van der Waals surface area (Å²) in [7, 11) is 0. The van der Waals surface area contributed by atoms with Gasteiger partial charge in [0.2, 0.25) is 0 Å². The Morgan fingerprint density at radius 1 is 1.35 bits per heavy atom. The van der Waals surface area contributed by atoms with Gasteiger partial charge in [0.15, 0.2) is 0 Å². The zero-order valence-corrected chi connectivity index (χ0v) is 10.6. The molecule has 2 heteroatoms. The van der Waals surface area contributed by atoms with Gasteiger partial charge in [-0.25, -0.2) is 0 Å². The second kappa shape index (κ2) is 4.34. The quantitative estimate of drug-likeness (QED) is 0.831. The maximum Gasteiger partial charge on any atom is 0.0376 e. The first-order valence-corrected chi connectivity index (χ1v) is 6.80. The van der Waals surface area contributed by atoms with Gasteiger partial charge in [-0.3, -0.25) is 0 Å². The van der Waals surface area contributed by atoms with Crippen LogP contribution in [0.3, 0.4) is 0 Å². The Kier molecular flexibility index (Phi) is 2.83. The summed E-state index contributed by atoms with van der Waals surface area (Å²) in [6.07, 6.45) is 4.06. The fourth-order valence-electron chi connectivity index (χ4n) is 2.70. The maximum absolute atomic E-state index is 3.67. The van der Waals surface area contributed by atoms with E-state index in [9.17, 15) is 0 Å². The molecule has 0 amide bonds. The number of hydrogen-bond acceptors (Lipinski definition) is 2. The minimum atomic E-state index is 0.617. The molecule has 1 heterocycles. The average Bonchev–Trinajstić information content (AvgIpc) is 3.08. The van der Waals surface area contributed by atoms with Crippen molar-refractivity contribution in [3.05, 3.63) is 29.8 Å². The van der Waals surface area contributed by atoms with Crippen molar-refractivity contribution < 1.29 is 0 Å². The Bertz CT molecular complexity index is 396. The van der Waals surface area contributed by atoms with Crippen molar-refractivity contribution in [2.45, 2.75) is 32.1 Å². The zero-order chi connectivity index (χ0) is 11.7. The summed E-state index contributed by atoms with van der Waals surface area (Å²) in [6, 6.07) is 8.74. The monoisotopic (exact) mass is 230 g/mol. The Labute approximate surface area is 104 Å². The standard InChI is InChI=1S/C15H22N2/c1-15(7-8-15)11-16-10-12-6-9-17-14-5-3-2-4-13(12)14/h2-5,12,16-17H,6-11H2,1H3. The number of nitrogens with one attached hydrogen (secondary N) is 2. The number of rotatable bonds is 4. The SMILES string of the molecule is CC1(CNCC2CCNc3ccccc32)CC1. The lowest BCUT2D eigenvalue weighted by molar-refractivity contribution is 0.468. The van der Waals surface area contributed by atoms with Gasteiger partial charge in [0.25, 0.3) is 0 Å². The fraction of sp³-hybridized carbons (Fsp3) is 0.600. The lowest BCUT2D eigenvalue weighted by Crippen LogP contribution is -2.30. The van der Waals surface area contributed by atoms with E-state index in [0.29, 0.717) is 11.3 Å². The van der Waals surface area contributed by atoms with Gasteiger partial charge in [-0.05, 0) is 36.3 Å². The van der Waals surface area contributed by atoms with E-state index in [0.717, 1.165) is 13.1 Å². The van der Waals surface area contributed by atoms with Crippen LogP contribution in [0, 0.1) is 5.41 Å². The topological polar surface area (TPSA) is 24.1 Å². The largest absolute Gasteiger partial charge is 0.385 e. The number of anilines is 1. The summed E-state index contributed by atoms with van der Waals surface area (Å²) < 4.78 is 0. The summed E-state index contributed by atoms with van der Waals surface area (Å²) in [5, 5.41) is 7.15. The molecule has 1 aromatic carbocycles. The molecule has 1 aliphatic carbocycles. The van der Waals surface area contributed by atoms with Crippen LogP contribution in [0.1, 0.15) is 37.7 Å². The Hall–Kier alpha value is -1.02. The molecule has 17 heavy (non-hydrogen) atoms. The molecule has 1 aliphatic heterocycles. The Balaban J connectivity index is 1.60. The number of para-hydroxylation sites is 1. The molecule has 92 valence electrons. The molecule has 3 rings (SSSR count). The maximum atomic E-state index is 3.67. The van der Waals surface area contributed by atoms with Crippen molar-refractivity contribution in [3.8, 4) is 0 Å². The van der Waals surface area contributed by atoms with Crippen molar-refractivity contribution in [2.24, 2.45) is 5.41 Å². The zero-order valence-electron chi connectivity index (χ0n) is 10.6. The molecular formula is C15H22N2. The highest BCUT2D eigenvalue weighted by Gasteiger charge is 2.36. The molecule has 1 fully saturated rings. The van der Waals surface area contributed by atoms with Crippen molar-refractivity contribution in [1.82, 2.24) is 5.32 Å². The molecule has 0 aromatic heterocycles. The molecule has 0 saturated heterocycles. The molecular weight excluding hydrogens is 208 g/mol. The molecule has 1 aromatic rings. The summed E-state index contributed by atoms with van der Waals surface area (Å²) in [4.78, 5) is 0. The lowest BCUT2D eigenvalue weighted by Gasteiger charge is -2.27. The number of hydrogen-bond donors (Lipinski definition) is 2. The van der Waals surface area contributed by atoms with E-state index in [-0.39, 0.29) is 0 Å². The fourth-order valence-corrected chi connectivity index (χ4v) is 2.70. The van der Waals surface area contributed by atoms with E-state index >= 15 is 0 Å². The number of benzene rings is 1. The summed E-state index contributed by atoms with van der Waals surface area (Å²) in [5.41, 5.74) is 3.45. The number of fused-ring (bicyclic) bond motifs is 1.